The van der Waals surface area contributed by atoms with Crippen molar-refractivity contribution in [2.45, 2.75) is 31.5 Å². The molecular formula is C10H17NO7. The minimum absolute atomic E-state index is 0.282. The third kappa shape index (κ3) is 1.91. The number of hydrogen-bond donors (Lipinski definition) is 4. The van der Waals surface area contributed by atoms with Gasteiger partial charge in [0.05, 0.1) is 18.8 Å². The Morgan fingerprint density at radius 2 is 2.22 bits per heavy atom. The number of carbonyl (C=O) groups is 1. The first-order chi connectivity index (χ1) is 8.46. The highest BCUT2D eigenvalue weighted by atomic mass is 16.8. The molecule has 0 amide bonds. The minimum Gasteiger partial charge on any atom is -0.480 e. The van der Waals surface area contributed by atoms with Crippen LogP contribution in [0.1, 0.15) is 6.92 Å². The first-order valence-electron chi connectivity index (χ1n) is 5.60. The molecule has 0 aromatic carbocycles. The zero-order valence-corrected chi connectivity index (χ0v) is 9.85. The molecule has 0 spiro atoms. The summed E-state index contributed by atoms with van der Waals surface area (Å²) in [5.41, 5.74) is -0.660. The SMILES string of the molecule is CC12C(CO)O[C@@H](ON)C(OCC(=O)O)C1C2O. The van der Waals surface area contributed by atoms with Crippen LogP contribution in [-0.4, -0.2) is 59.1 Å². The lowest BCUT2D eigenvalue weighted by Gasteiger charge is -2.36. The van der Waals surface area contributed by atoms with E-state index >= 15 is 0 Å². The molecule has 5 N–H and O–H groups in total. The number of aliphatic carboxylic acids is 1. The van der Waals surface area contributed by atoms with Crippen molar-refractivity contribution in [1.29, 1.82) is 0 Å². The zero-order chi connectivity index (χ0) is 13.5. The number of aliphatic hydroxyl groups excluding tert-OH is 2. The molecule has 6 atom stereocenters. The number of fused-ring (bicyclic) bond motifs is 1. The zero-order valence-electron chi connectivity index (χ0n) is 9.85. The van der Waals surface area contributed by atoms with E-state index < -0.39 is 42.6 Å². The van der Waals surface area contributed by atoms with Gasteiger partial charge in [-0.2, -0.15) is 0 Å². The van der Waals surface area contributed by atoms with Gasteiger partial charge in [-0.05, 0) is 0 Å². The third-order valence-electron chi connectivity index (χ3n) is 3.90. The molecule has 18 heavy (non-hydrogen) atoms. The highest BCUT2D eigenvalue weighted by molar-refractivity contribution is 5.68. The van der Waals surface area contributed by atoms with Crippen molar-refractivity contribution in [1.82, 2.24) is 0 Å². The van der Waals surface area contributed by atoms with Gasteiger partial charge in [0, 0.05) is 11.3 Å². The number of carboxylic acid groups (broad SMARTS) is 1. The van der Waals surface area contributed by atoms with E-state index in [0.717, 1.165) is 0 Å². The molecule has 5 unspecified atom stereocenters. The molecule has 8 nitrogen and oxygen atoms in total. The second-order valence-electron chi connectivity index (χ2n) is 4.82. The summed E-state index contributed by atoms with van der Waals surface area (Å²) in [6.07, 6.45) is -3.13. The van der Waals surface area contributed by atoms with Gasteiger partial charge in [-0.1, -0.05) is 6.92 Å². The summed E-state index contributed by atoms with van der Waals surface area (Å²) in [6.45, 7) is 0.930. The van der Waals surface area contributed by atoms with Gasteiger partial charge in [-0.3, -0.25) is 4.84 Å². The molecule has 2 fully saturated rings. The van der Waals surface area contributed by atoms with Gasteiger partial charge < -0.3 is 24.8 Å². The number of ether oxygens (including phenoxy) is 2. The number of carboxylic acids is 1. The first kappa shape index (κ1) is 13.7. The second-order valence-corrected chi connectivity index (χ2v) is 4.82. The predicted octanol–water partition coefficient (Wildman–Crippen LogP) is -1.94. The molecule has 2 aliphatic rings. The van der Waals surface area contributed by atoms with Crippen molar-refractivity contribution < 1.29 is 34.4 Å². The van der Waals surface area contributed by atoms with Gasteiger partial charge in [-0.25, -0.2) is 10.7 Å². The van der Waals surface area contributed by atoms with Crippen molar-refractivity contribution >= 4 is 5.97 Å². The summed E-state index contributed by atoms with van der Waals surface area (Å²) < 4.78 is 10.5. The van der Waals surface area contributed by atoms with Crippen molar-refractivity contribution in [2.24, 2.45) is 17.2 Å². The predicted molar refractivity (Wildman–Crippen MR) is 56.0 cm³/mol. The van der Waals surface area contributed by atoms with Gasteiger partial charge in [0.15, 0.2) is 0 Å². The summed E-state index contributed by atoms with van der Waals surface area (Å²) in [6, 6.07) is 0. The Balaban J connectivity index is 2.11. The van der Waals surface area contributed by atoms with E-state index in [2.05, 4.69) is 4.84 Å². The molecule has 1 saturated heterocycles. The van der Waals surface area contributed by atoms with Crippen LogP contribution in [-0.2, 0) is 19.1 Å². The molecule has 0 bridgehead atoms. The quantitative estimate of drug-likeness (QED) is 0.421. The van der Waals surface area contributed by atoms with Gasteiger partial charge in [0.25, 0.3) is 0 Å². The van der Waals surface area contributed by atoms with Gasteiger partial charge in [0.1, 0.15) is 12.7 Å². The average Bonchev–Trinajstić information content (AvgIpc) is 2.89. The molecule has 2 rings (SSSR count). The normalized spacial score (nSPS) is 46.6. The molecule has 0 radical (unpaired) electrons. The van der Waals surface area contributed by atoms with Gasteiger partial charge in [0.2, 0.25) is 6.29 Å². The summed E-state index contributed by atoms with van der Waals surface area (Å²) in [4.78, 5) is 15.1. The highest BCUT2D eigenvalue weighted by Crippen LogP contribution is 2.61. The second kappa shape index (κ2) is 4.72. The van der Waals surface area contributed by atoms with Crippen LogP contribution in [0.5, 0.6) is 0 Å². The molecule has 1 aliphatic carbocycles. The molecular weight excluding hydrogens is 246 g/mol. The summed E-state index contributed by atoms with van der Waals surface area (Å²) >= 11 is 0. The lowest BCUT2D eigenvalue weighted by molar-refractivity contribution is -0.272. The monoisotopic (exact) mass is 263 g/mol. The van der Waals surface area contributed by atoms with Crippen LogP contribution >= 0.6 is 0 Å². The van der Waals surface area contributed by atoms with Crippen LogP contribution in [0.3, 0.4) is 0 Å². The average molecular weight is 263 g/mol. The Kier molecular flexibility index (Phi) is 3.58. The number of aliphatic hydroxyl groups is 2. The van der Waals surface area contributed by atoms with Crippen molar-refractivity contribution in [3.05, 3.63) is 0 Å². The minimum atomic E-state index is -1.13. The Labute approximate surface area is 103 Å². The molecule has 0 aromatic rings. The maximum Gasteiger partial charge on any atom is 0.329 e. The Morgan fingerprint density at radius 3 is 2.72 bits per heavy atom. The summed E-state index contributed by atoms with van der Waals surface area (Å²) in [5, 5.41) is 27.7. The fourth-order valence-electron chi connectivity index (χ4n) is 2.74. The number of nitrogens with two attached hydrogens (primary N) is 1. The van der Waals surface area contributed by atoms with E-state index in [9.17, 15) is 15.0 Å². The van der Waals surface area contributed by atoms with E-state index in [1.54, 1.807) is 6.92 Å². The highest BCUT2D eigenvalue weighted by Gasteiger charge is 2.73. The van der Waals surface area contributed by atoms with Crippen LogP contribution < -0.4 is 5.90 Å². The summed E-state index contributed by atoms with van der Waals surface area (Å²) in [7, 11) is 0. The van der Waals surface area contributed by atoms with Gasteiger partial charge >= 0.3 is 5.97 Å². The molecule has 8 heteroatoms. The number of hydrogen-bond acceptors (Lipinski definition) is 7. The third-order valence-corrected chi connectivity index (χ3v) is 3.90. The molecule has 1 saturated carbocycles. The maximum absolute atomic E-state index is 10.5. The number of rotatable bonds is 5. The fourth-order valence-corrected chi connectivity index (χ4v) is 2.74. The lowest BCUT2D eigenvalue weighted by Crippen LogP contribution is -2.49. The van der Waals surface area contributed by atoms with Crippen molar-refractivity contribution in [3.8, 4) is 0 Å². The topological polar surface area (TPSA) is 131 Å². The van der Waals surface area contributed by atoms with Gasteiger partial charge in [-0.15, -0.1) is 0 Å². The van der Waals surface area contributed by atoms with Crippen molar-refractivity contribution in [3.63, 3.8) is 0 Å². The van der Waals surface area contributed by atoms with Crippen LogP contribution in [0.2, 0.25) is 0 Å². The Morgan fingerprint density at radius 1 is 1.56 bits per heavy atom. The van der Waals surface area contributed by atoms with E-state index in [4.69, 9.17) is 20.5 Å². The largest absolute Gasteiger partial charge is 0.480 e. The van der Waals surface area contributed by atoms with E-state index in [-0.39, 0.29) is 12.5 Å². The molecule has 1 aliphatic heterocycles. The van der Waals surface area contributed by atoms with Crippen molar-refractivity contribution in [2.75, 3.05) is 13.2 Å². The molecule has 0 aromatic heterocycles. The first-order valence-corrected chi connectivity index (χ1v) is 5.60. The standard InChI is InChI=1S/C10H17NO7/c1-10-4(2-12)17-9(18-11)7(6(10)8(10)15)16-3-5(13)14/h4,6-9,12,15H,2-3,11H2,1H3,(H,13,14)/t4?,6?,7?,8?,9-,10?/m0/s1. The van der Waals surface area contributed by atoms with Crippen LogP contribution in [0.4, 0.5) is 0 Å². The Bertz CT molecular complexity index is 338. The van der Waals surface area contributed by atoms with Crippen LogP contribution in [0.25, 0.3) is 0 Å². The fraction of sp³-hybridized carbons (Fsp3) is 0.900. The van der Waals surface area contributed by atoms with E-state index in [1.165, 1.54) is 0 Å². The summed E-state index contributed by atoms with van der Waals surface area (Å²) in [5.74, 6) is 3.57. The van der Waals surface area contributed by atoms with Crippen LogP contribution in [0, 0.1) is 11.3 Å². The maximum atomic E-state index is 10.5. The van der Waals surface area contributed by atoms with Crippen LogP contribution in [0.15, 0.2) is 0 Å². The smallest absolute Gasteiger partial charge is 0.329 e. The van der Waals surface area contributed by atoms with E-state index in [1.807, 2.05) is 0 Å². The lowest BCUT2D eigenvalue weighted by atomic mass is 9.93. The molecule has 1 heterocycles. The molecule has 104 valence electrons. The van der Waals surface area contributed by atoms with E-state index in [0.29, 0.717) is 0 Å². The Hall–Kier alpha value is -0.770.